The van der Waals surface area contributed by atoms with Gasteiger partial charge in [-0.3, -0.25) is 4.79 Å². The maximum Gasteiger partial charge on any atom is 0.410 e. The average molecular weight is 255 g/mol. The molecule has 0 aromatic carbocycles. The number of carboxylic acid groups (broad SMARTS) is 1. The van der Waals surface area contributed by atoms with Gasteiger partial charge in [-0.2, -0.15) is 0 Å². The van der Waals surface area contributed by atoms with E-state index in [1.807, 2.05) is 19.1 Å². The molecule has 1 amide bonds. The monoisotopic (exact) mass is 255 g/mol. The van der Waals surface area contributed by atoms with Crippen LogP contribution in [0.1, 0.15) is 27.7 Å². The highest BCUT2D eigenvalue weighted by atomic mass is 16.6. The molecule has 1 fully saturated rings. The van der Waals surface area contributed by atoms with Crippen LogP contribution in [0.25, 0.3) is 0 Å². The normalized spacial score (nSPS) is 24.6. The number of nitrogens with zero attached hydrogens (tertiary/aromatic N) is 1. The number of hydrogen-bond donors (Lipinski definition) is 1. The minimum absolute atomic E-state index is 0.139. The molecule has 0 radical (unpaired) electrons. The van der Waals surface area contributed by atoms with Crippen molar-refractivity contribution in [3.05, 3.63) is 12.2 Å². The van der Waals surface area contributed by atoms with E-state index in [2.05, 4.69) is 0 Å². The number of ether oxygens (including phenoxy) is 1. The minimum Gasteiger partial charge on any atom is -0.481 e. The molecule has 0 saturated carbocycles. The molecule has 0 aromatic rings. The smallest absolute Gasteiger partial charge is 0.410 e. The highest BCUT2D eigenvalue weighted by molar-refractivity contribution is 5.75. The number of carbonyl (C=O) groups excluding carboxylic acids is 1. The zero-order valence-corrected chi connectivity index (χ0v) is 11.3. The Labute approximate surface area is 107 Å². The highest BCUT2D eigenvalue weighted by Gasteiger charge is 2.39. The molecule has 2 atom stereocenters. The number of amides is 1. The Morgan fingerprint density at radius 3 is 2.39 bits per heavy atom. The average Bonchev–Trinajstić information content (AvgIpc) is 2.59. The molecule has 1 saturated heterocycles. The maximum absolute atomic E-state index is 11.9. The third-order valence-electron chi connectivity index (χ3n) is 2.77. The van der Waals surface area contributed by atoms with Gasteiger partial charge in [0.2, 0.25) is 0 Å². The maximum atomic E-state index is 11.9. The molecular weight excluding hydrogens is 234 g/mol. The van der Waals surface area contributed by atoms with Crippen LogP contribution in [-0.2, 0) is 9.53 Å². The van der Waals surface area contributed by atoms with Crippen molar-refractivity contribution in [1.29, 1.82) is 0 Å². The summed E-state index contributed by atoms with van der Waals surface area (Å²) in [6.45, 7) is 7.82. The molecule has 18 heavy (non-hydrogen) atoms. The summed E-state index contributed by atoms with van der Waals surface area (Å²) in [6.07, 6.45) is 3.21. The number of hydrogen-bond acceptors (Lipinski definition) is 3. The molecule has 0 aliphatic carbocycles. The fraction of sp³-hybridized carbons (Fsp3) is 0.692. The van der Waals surface area contributed by atoms with Crippen molar-refractivity contribution in [3.63, 3.8) is 0 Å². The van der Waals surface area contributed by atoms with Gasteiger partial charge in [0.25, 0.3) is 0 Å². The van der Waals surface area contributed by atoms with Crippen LogP contribution in [0.4, 0.5) is 4.79 Å². The first kappa shape index (κ1) is 14.5. The van der Waals surface area contributed by atoms with Crippen LogP contribution >= 0.6 is 0 Å². The molecule has 0 aromatic heterocycles. The van der Waals surface area contributed by atoms with Crippen molar-refractivity contribution in [2.24, 2.45) is 11.8 Å². The fourth-order valence-corrected chi connectivity index (χ4v) is 2.01. The van der Waals surface area contributed by atoms with E-state index in [1.54, 1.807) is 20.8 Å². The summed E-state index contributed by atoms with van der Waals surface area (Å²) in [6, 6.07) is 0. The van der Waals surface area contributed by atoms with E-state index in [9.17, 15) is 9.59 Å². The van der Waals surface area contributed by atoms with Gasteiger partial charge in [0.1, 0.15) is 5.60 Å². The van der Waals surface area contributed by atoms with Crippen molar-refractivity contribution in [3.8, 4) is 0 Å². The number of likely N-dealkylation sites (tertiary alicyclic amines) is 1. The molecule has 5 heteroatoms. The fourth-order valence-electron chi connectivity index (χ4n) is 2.01. The Morgan fingerprint density at radius 2 is 1.94 bits per heavy atom. The van der Waals surface area contributed by atoms with Crippen LogP contribution in [0.15, 0.2) is 12.2 Å². The van der Waals surface area contributed by atoms with Crippen molar-refractivity contribution in [2.45, 2.75) is 33.3 Å². The van der Waals surface area contributed by atoms with Gasteiger partial charge < -0.3 is 14.7 Å². The summed E-state index contributed by atoms with van der Waals surface area (Å²) in [5, 5.41) is 9.13. The Kier molecular flexibility index (Phi) is 4.38. The lowest BCUT2D eigenvalue weighted by atomic mass is 9.96. The molecule has 5 nitrogen and oxygen atoms in total. The lowest BCUT2D eigenvalue weighted by Gasteiger charge is -2.24. The van der Waals surface area contributed by atoms with Crippen LogP contribution in [0.2, 0.25) is 0 Å². The van der Waals surface area contributed by atoms with Gasteiger partial charge in [-0.25, -0.2) is 4.79 Å². The first-order chi connectivity index (χ1) is 8.24. The molecule has 1 aliphatic rings. The first-order valence-corrected chi connectivity index (χ1v) is 6.08. The molecule has 1 N–H and O–H groups in total. The number of aliphatic carboxylic acids is 1. The van der Waals surface area contributed by atoms with E-state index < -0.39 is 23.6 Å². The molecule has 1 rings (SSSR count). The molecule has 0 bridgehead atoms. The van der Waals surface area contributed by atoms with Gasteiger partial charge in [-0.1, -0.05) is 12.2 Å². The molecular formula is C13H21NO4. The van der Waals surface area contributed by atoms with Gasteiger partial charge in [0, 0.05) is 19.0 Å². The Balaban J connectivity index is 2.71. The van der Waals surface area contributed by atoms with Crippen LogP contribution < -0.4 is 0 Å². The van der Waals surface area contributed by atoms with Crippen LogP contribution in [-0.4, -0.2) is 40.8 Å². The topological polar surface area (TPSA) is 66.8 Å². The second-order valence-electron chi connectivity index (χ2n) is 5.52. The largest absolute Gasteiger partial charge is 0.481 e. The highest BCUT2D eigenvalue weighted by Crippen LogP contribution is 2.26. The second kappa shape index (κ2) is 5.42. The summed E-state index contributed by atoms with van der Waals surface area (Å²) in [5.41, 5.74) is -0.561. The number of carbonyl (C=O) groups is 2. The summed E-state index contributed by atoms with van der Waals surface area (Å²) >= 11 is 0. The van der Waals surface area contributed by atoms with Gasteiger partial charge >= 0.3 is 12.1 Å². The van der Waals surface area contributed by atoms with E-state index in [4.69, 9.17) is 9.84 Å². The SMILES string of the molecule is C/C=C/[C@@H]1CN(C(=O)OC(C)(C)C)C[C@H]1C(=O)O. The lowest BCUT2D eigenvalue weighted by molar-refractivity contribution is -0.142. The predicted molar refractivity (Wildman–Crippen MR) is 67.2 cm³/mol. The van der Waals surface area contributed by atoms with E-state index in [-0.39, 0.29) is 12.5 Å². The molecule has 0 unspecified atom stereocenters. The van der Waals surface area contributed by atoms with Crippen molar-refractivity contribution in [1.82, 2.24) is 4.90 Å². The van der Waals surface area contributed by atoms with Crippen molar-refractivity contribution in [2.75, 3.05) is 13.1 Å². The van der Waals surface area contributed by atoms with E-state index >= 15 is 0 Å². The second-order valence-corrected chi connectivity index (χ2v) is 5.52. The molecule has 0 spiro atoms. The molecule has 1 heterocycles. The molecule has 1 aliphatic heterocycles. The minimum atomic E-state index is -0.871. The standard InChI is InChI=1S/C13H21NO4/c1-5-6-9-7-14(8-10(9)11(15)16)12(17)18-13(2,3)4/h5-6,9-10H,7-8H2,1-4H3,(H,15,16)/b6-5+/t9-,10-/m1/s1. The van der Waals surface area contributed by atoms with Crippen LogP contribution in [0.3, 0.4) is 0 Å². The number of carboxylic acids is 1. The zero-order valence-electron chi connectivity index (χ0n) is 11.3. The van der Waals surface area contributed by atoms with Crippen LogP contribution in [0.5, 0.6) is 0 Å². The van der Waals surface area contributed by atoms with Crippen LogP contribution in [0, 0.1) is 11.8 Å². The lowest BCUT2D eigenvalue weighted by Crippen LogP contribution is -2.35. The Bertz CT molecular complexity index is 356. The predicted octanol–water partition coefficient (Wildman–Crippen LogP) is 2.13. The summed E-state index contributed by atoms with van der Waals surface area (Å²) < 4.78 is 5.25. The Hall–Kier alpha value is -1.52. The quantitative estimate of drug-likeness (QED) is 0.767. The number of allylic oxidation sites excluding steroid dienone is 1. The van der Waals surface area contributed by atoms with Crippen molar-refractivity contribution < 1.29 is 19.4 Å². The van der Waals surface area contributed by atoms with Crippen molar-refractivity contribution >= 4 is 12.1 Å². The van der Waals surface area contributed by atoms with E-state index in [0.717, 1.165) is 0 Å². The van der Waals surface area contributed by atoms with Gasteiger partial charge in [0.05, 0.1) is 5.92 Å². The van der Waals surface area contributed by atoms with E-state index in [1.165, 1.54) is 4.90 Å². The summed E-state index contributed by atoms with van der Waals surface area (Å²) in [4.78, 5) is 24.5. The Morgan fingerprint density at radius 1 is 1.33 bits per heavy atom. The number of rotatable bonds is 2. The van der Waals surface area contributed by atoms with Gasteiger partial charge in [0.15, 0.2) is 0 Å². The van der Waals surface area contributed by atoms with Gasteiger partial charge in [-0.05, 0) is 27.7 Å². The summed E-state index contributed by atoms with van der Waals surface area (Å²) in [7, 11) is 0. The third kappa shape index (κ3) is 3.75. The third-order valence-corrected chi connectivity index (χ3v) is 2.77. The van der Waals surface area contributed by atoms with Gasteiger partial charge in [-0.15, -0.1) is 0 Å². The summed E-state index contributed by atoms with van der Waals surface area (Å²) in [5.74, 6) is -1.56. The first-order valence-electron chi connectivity index (χ1n) is 6.08. The van der Waals surface area contributed by atoms with E-state index in [0.29, 0.717) is 6.54 Å². The zero-order chi connectivity index (χ0) is 13.9. The molecule has 102 valence electrons.